The van der Waals surface area contributed by atoms with Gasteiger partial charge in [-0.25, -0.2) is 0 Å². The highest BCUT2D eigenvalue weighted by Crippen LogP contribution is 2.19. The lowest BCUT2D eigenvalue weighted by molar-refractivity contribution is -0.120. The van der Waals surface area contributed by atoms with Gasteiger partial charge >= 0.3 is 0 Å². The average Bonchev–Trinajstić information content (AvgIpc) is 2.35. The van der Waals surface area contributed by atoms with Crippen molar-refractivity contribution in [2.24, 2.45) is 11.7 Å². The number of rotatable bonds is 6. The number of nitrogens with one attached hydrogen (secondary N) is 1. The standard InChI is InChI=1S/C15H24N2O/c1-4-13(6-5-9-16)15(18)17-14-10-11(2)7-8-12(14)3/h7-8,10,13H,4-6,9,16H2,1-3H3,(H,17,18). The third-order valence-corrected chi connectivity index (χ3v) is 3.27. The van der Waals surface area contributed by atoms with E-state index in [0.717, 1.165) is 36.1 Å². The van der Waals surface area contributed by atoms with E-state index in [0.29, 0.717) is 6.54 Å². The fraction of sp³-hybridized carbons (Fsp3) is 0.533. The highest BCUT2D eigenvalue weighted by atomic mass is 16.1. The number of amides is 1. The van der Waals surface area contributed by atoms with Crippen LogP contribution in [0.3, 0.4) is 0 Å². The smallest absolute Gasteiger partial charge is 0.227 e. The molecule has 1 aromatic carbocycles. The van der Waals surface area contributed by atoms with Gasteiger partial charge in [-0.1, -0.05) is 19.1 Å². The Kier molecular flexibility index (Phi) is 5.86. The predicted molar refractivity (Wildman–Crippen MR) is 76.6 cm³/mol. The monoisotopic (exact) mass is 248 g/mol. The van der Waals surface area contributed by atoms with Crippen molar-refractivity contribution in [1.29, 1.82) is 0 Å². The number of hydrogen-bond acceptors (Lipinski definition) is 2. The van der Waals surface area contributed by atoms with E-state index in [1.54, 1.807) is 0 Å². The maximum atomic E-state index is 12.2. The number of carbonyl (C=O) groups excluding carboxylic acids is 1. The summed E-state index contributed by atoms with van der Waals surface area (Å²) in [5.41, 5.74) is 8.68. The molecule has 0 bridgehead atoms. The first-order valence-corrected chi connectivity index (χ1v) is 6.66. The minimum atomic E-state index is 0.0634. The van der Waals surface area contributed by atoms with Crippen LogP contribution in [0.1, 0.15) is 37.3 Å². The molecule has 18 heavy (non-hydrogen) atoms. The molecule has 1 amide bonds. The van der Waals surface area contributed by atoms with E-state index in [4.69, 9.17) is 5.73 Å². The second-order valence-electron chi connectivity index (χ2n) is 4.84. The first kappa shape index (κ1) is 14.7. The SMILES string of the molecule is CCC(CCCN)C(=O)Nc1cc(C)ccc1C. The quantitative estimate of drug-likeness (QED) is 0.813. The highest BCUT2D eigenvalue weighted by Gasteiger charge is 2.16. The van der Waals surface area contributed by atoms with Crippen LogP contribution in [0.5, 0.6) is 0 Å². The van der Waals surface area contributed by atoms with Gasteiger partial charge in [0.2, 0.25) is 5.91 Å². The Bertz CT molecular complexity index is 401. The van der Waals surface area contributed by atoms with Gasteiger partial charge in [0, 0.05) is 11.6 Å². The van der Waals surface area contributed by atoms with Gasteiger partial charge < -0.3 is 11.1 Å². The number of anilines is 1. The number of aryl methyl sites for hydroxylation is 2. The normalized spacial score (nSPS) is 12.2. The summed E-state index contributed by atoms with van der Waals surface area (Å²) in [4.78, 5) is 12.2. The number of hydrogen-bond donors (Lipinski definition) is 2. The summed E-state index contributed by atoms with van der Waals surface area (Å²) in [5.74, 6) is 0.174. The van der Waals surface area contributed by atoms with Crippen LogP contribution in [0, 0.1) is 19.8 Å². The van der Waals surface area contributed by atoms with Crippen LogP contribution in [-0.4, -0.2) is 12.5 Å². The molecule has 1 unspecified atom stereocenters. The Morgan fingerprint density at radius 1 is 1.39 bits per heavy atom. The van der Waals surface area contributed by atoms with Gasteiger partial charge in [-0.2, -0.15) is 0 Å². The third-order valence-electron chi connectivity index (χ3n) is 3.27. The summed E-state index contributed by atoms with van der Waals surface area (Å²) < 4.78 is 0. The molecule has 1 atom stereocenters. The van der Waals surface area contributed by atoms with E-state index < -0.39 is 0 Å². The summed E-state index contributed by atoms with van der Waals surface area (Å²) in [6.07, 6.45) is 2.62. The molecular formula is C15H24N2O. The van der Waals surface area contributed by atoms with Crippen LogP contribution in [0.15, 0.2) is 18.2 Å². The molecule has 0 aliphatic rings. The molecule has 3 heteroatoms. The Balaban J connectivity index is 2.70. The van der Waals surface area contributed by atoms with E-state index in [2.05, 4.69) is 11.4 Å². The zero-order valence-corrected chi connectivity index (χ0v) is 11.6. The van der Waals surface area contributed by atoms with Crippen LogP contribution in [-0.2, 0) is 4.79 Å². The number of carbonyl (C=O) groups is 1. The lowest BCUT2D eigenvalue weighted by Gasteiger charge is -2.16. The van der Waals surface area contributed by atoms with E-state index >= 15 is 0 Å². The molecule has 0 spiro atoms. The van der Waals surface area contributed by atoms with Crippen LogP contribution >= 0.6 is 0 Å². The molecule has 0 aliphatic carbocycles. The molecule has 3 nitrogen and oxygen atoms in total. The summed E-state index contributed by atoms with van der Waals surface area (Å²) in [7, 11) is 0. The lowest BCUT2D eigenvalue weighted by Crippen LogP contribution is -2.23. The number of benzene rings is 1. The van der Waals surface area contributed by atoms with Crippen molar-refractivity contribution in [1.82, 2.24) is 0 Å². The summed E-state index contributed by atoms with van der Waals surface area (Å²) in [6.45, 7) is 6.73. The topological polar surface area (TPSA) is 55.1 Å². The fourth-order valence-corrected chi connectivity index (χ4v) is 1.99. The Morgan fingerprint density at radius 3 is 2.72 bits per heavy atom. The second kappa shape index (κ2) is 7.17. The molecule has 0 fully saturated rings. The molecule has 0 heterocycles. The summed E-state index contributed by atoms with van der Waals surface area (Å²) >= 11 is 0. The minimum Gasteiger partial charge on any atom is -0.330 e. The van der Waals surface area contributed by atoms with E-state index in [-0.39, 0.29) is 11.8 Å². The van der Waals surface area contributed by atoms with Crippen LogP contribution in [0.4, 0.5) is 5.69 Å². The van der Waals surface area contributed by atoms with Gasteiger partial charge in [0.15, 0.2) is 0 Å². The van der Waals surface area contributed by atoms with Crippen molar-refractivity contribution in [3.8, 4) is 0 Å². The Labute approximate surface area is 110 Å². The van der Waals surface area contributed by atoms with Gasteiger partial charge in [-0.15, -0.1) is 0 Å². The molecule has 0 aromatic heterocycles. The van der Waals surface area contributed by atoms with Crippen LogP contribution < -0.4 is 11.1 Å². The van der Waals surface area contributed by atoms with E-state index in [1.807, 2.05) is 32.9 Å². The maximum absolute atomic E-state index is 12.2. The molecule has 0 aliphatic heterocycles. The van der Waals surface area contributed by atoms with Crippen LogP contribution in [0.2, 0.25) is 0 Å². The van der Waals surface area contributed by atoms with Crippen molar-refractivity contribution < 1.29 is 4.79 Å². The average molecular weight is 248 g/mol. The molecule has 0 radical (unpaired) electrons. The first-order chi connectivity index (χ1) is 8.58. The highest BCUT2D eigenvalue weighted by molar-refractivity contribution is 5.93. The second-order valence-corrected chi connectivity index (χ2v) is 4.84. The van der Waals surface area contributed by atoms with Crippen molar-refractivity contribution >= 4 is 11.6 Å². The Hall–Kier alpha value is -1.35. The van der Waals surface area contributed by atoms with E-state index in [1.165, 1.54) is 0 Å². The first-order valence-electron chi connectivity index (χ1n) is 6.66. The molecule has 100 valence electrons. The van der Waals surface area contributed by atoms with Gasteiger partial charge in [0.1, 0.15) is 0 Å². The molecule has 0 saturated carbocycles. The number of nitrogens with two attached hydrogens (primary N) is 1. The van der Waals surface area contributed by atoms with Gasteiger partial charge in [0.25, 0.3) is 0 Å². The van der Waals surface area contributed by atoms with Gasteiger partial charge in [-0.3, -0.25) is 4.79 Å². The molecule has 1 rings (SSSR count). The largest absolute Gasteiger partial charge is 0.330 e. The van der Waals surface area contributed by atoms with Crippen molar-refractivity contribution in [2.75, 3.05) is 11.9 Å². The maximum Gasteiger partial charge on any atom is 0.227 e. The predicted octanol–water partition coefficient (Wildman–Crippen LogP) is 3.01. The van der Waals surface area contributed by atoms with E-state index in [9.17, 15) is 4.79 Å². The van der Waals surface area contributed by atoms with Crippen molar-refractivity contribution in [3.63, 3.8) is 0 Å². The van der Waals surface area contributed by atoms with Crippen LogP contribution in [0.25, 0.3) is 0 Å². The third kappa shape index (κ3) is 4.15. The molecule has 1 aromatic rings. The fourth-order valence-electron chi connectivity index (χ4n) is 1.99. The molecular weight excluding hydrogens is 224 g/mol. The summed E-state index contributed by atoms with van der Waals surface area (Å²) in [6, 6.07) is 6.10. The zero-order chi connectivity index (χ0) is 13.5. The van der Waals surface area contributed by atoms with Crippen molar-refractivity contribution in [2.45, 2.75) is 40.0 Å². The Morgan fingerprint density at radius 2 is 2.11 bits per heavy atom. The van der Waals surface area contributed by atoms with Crippen molar-refractivity contribution in [3.05, 3.63) is 29.3 Å². The lowest BCUT2D eigenvalue weighted by atomic mass is 9.99. The zero-order valence-electron chi connectivity index (χ0n) is 11.6. The molecule has 0 saturated heterocycles. The molecule has 3 N–H and O–H groups in total. The van der Waals surface area contributed by atoms with Gasteiger partial charge in [0.05, 0.1) is 0 Å². The summed E-state index contributed by atoms with van der Waals surface area (Å²) in [5, 5.41) is 3.03. The minimum absolute atomic E-state index is 0.0634. The van der Waals surface area contributed by atoms with Gasteiger partial charge in [-0.05, 0) is 56.8 Å².